The Balaban J connectivity index is 1.89. The Labute approximate surface area is 146 Å². The molecule has 24 heavy (non-hydrogen) atoms. The molecule has 1 heterocycles. The van der Waals surface area contributed by atoms with Gasteiger partial charge in [0.05, 0.1) is 24.4 Å². The largest absolute Gasteiger partial charge is 0.466 e. The van der Waals surface area contributed by atoms with Crippen LogP contribution >= 0.6 is 0 Å². The zero-order chi connectivity index (χ0) is 17.7. The molecule has 1 aliphatic heterocycles. The molecule has 8 atom stereocenters. The molecular weight excluding hydrogens is 332 g/mol. The van der Waals surface area contributed by atoms with Crippen LogP contribution in [0, 0.1) is 23.2 Å². The van der Waals surface area contributed by atoms with Crippen LogP contribution in [0.5, 0.6) is 0 Å². The molecule has 0 bridgehead atoms. The lowest BCUT2D eigenvalue weighted by Crippen LogP contribution is -2.67. The summed E-state index contributed by atoms with van der Waals surface area (Å²) in [5.41, 5.74) is -0.860. The SMILES string of the molecule is CC(=O)OC[C@@H](C)[C@@H]1CC[C@]2(C)C3[C@H]1O[S@](=O)O[C@]3(C)CC[C@H]2O. The highest BCUT2D eigenvalue weighted by Crippen LogP contribution is 2.60. The zero-order valence-electron chi connectivity index (χ0n) is 14.8. The van der Waals surface area contributed by atoms with Crippen LogP contribution in [-0.4, -0.2) is 39.7 Å². The zero-order valence-corrected chi connectivity index (χ0v) is 15.6. The molecule has 7 heteroatoms. The molecule has 0 aromatic rings. The minimum atomic E-state index is -1.78. The van der Waals surface area contributed by atoms with Crippen LogP contribution in [0.3, 0.4) is 0 Å². The number of esters is 1. The Morgan fingerprint density at radius 1 is 1.38 bits per heavy atom. The van der Waals surface area contributed by atoms with Crippen molar-refractivity contribution in [2.75, 3.05) is 6.61 Å². The maximum absolute atomic E-state index is 12.2. The first-order valence-corrected chi connectivity index (χ1v) is 9.77. The topological polar surface area (TPSA) is 82.1 Å². The fourth-order valence-electron chi connectivity index (χ4n) is 5.21. The lowest BCUT2D eigenvalue weighted by Gasteiger charge is -2.62. The van der Waals surface area contributed by atoms with E-state index in [9.17, 15) is 14.1 Å². The van der Waals surface area contributed by atoms with E-state index in [1.165, 1.54) is 6.92 Å². The van der Waals surface area contributed by atoms with E-state index in [0.29, 0.717) is 19.4 Å². The summed E-state index contributed by atoms with van der Waals surface area (Å²) < 4.78 is 28.8. The molecule has 0 amide bonds. The highest BCUT2D eigenvalue weighted by Gasteiger charge is 2.64. The summed E-state index contributed by atoms with van der Waals surface area (Å²) in [6.07, 6.45) is 2.38. The smallest absolute Gasteiger partial charge is 0.305 e. The second-order valence-corrected chi connectivity index (χ2v) is 8.95. The molecule has 3 aliphatic rings. The fraction of sp³-hybridized carbons (Fsp3) is 0.941. The van der Waals surface area contributed by atoms with Crippen molar-refractivity contribution >= 4 is 17.3 Å². The first kappa shape index (κ1) is 18.3. The molecule has 1 N–H and O–H groups in total. The normalized spacial score (nSPS) is 49.1. The van der Waals surface area contributed by atoms with E-state index in [2.05, 4.69) is 6.92 Å². The first-order chi connectivity index (χ1) is 11.2. The van der Waals surface area contributed by atoms with Gasteiger partial charge in [-0.2, -0.15) is 4.21 Å². The second kappa shape index (κ2) is 6.34. The lowest BCUT2D eigenvalue weighted by atomic mass is 9.50. The molecule has 1 unspecified atom stereocenters. The second-order valence-electron chi connectivity index (χ2n) is 8.18. The lowest BCUT2D eigenvalue weighted by molar-refractivity contribution is -0.225. The van der Waals surface area contributed by atoms with Crippen molar-refractivity contribution in [3.63, 3.8) is 0 Å². The van der Waals surface area contributed by atoms with Gasteiger partial charge in [-0.25, -0.2) is 0 Å². The van der Waals surface area contributed by atoms with Crippen LogP contribution in [0.2, 0.25) is 0 Å². The monoisotopic (exact) mass is 360 g/mol. The average molecular weight is 360 g/mol. The number of hydrogen-bond donors (Lipinski definition) is 1. The van der Waals surface area contributed by atoms with Crippen molar-refractivity contribution in [1.82, 2.24) is 0 Å². The van der Waals surface area contributed by atoms with Gasteiger partial charge in [0.15, 0.2) is 0 Å². The van der Waals surface area contributed by atoms with Crippen molar-refractivity contribution < 1.29 is 27.2 Å². The standard InChI is InChI=1S/C17H28O6S/c1-10(9-21-11(2)18)12-5-7-16(3)13(19)6-8-17(4)15(16)14(12)22-24(20)23-17/h10,12-15,19H,5-9H2,1-4H3/t10-,12+,13-,14+,15?,16+,17-,24+/m1/s1. The Bertz CT molecular complexity index is 539. The number of hydrogen-bond acceptors (Lipinski definition) is 6. The van der Waals surface area contributed by atoms with Gasteiger partial charge in [-0.05, 0) is 44.4 Å². The summed E-state index contributed by atoms with van der Waals surface area (Å²) in [5.74, 6) is -0.0938. The number of rotatable bonds is 3. The molecule has 138 valence electrons. The molecule has 3 fully saturated rings. The first-order valence-electron chi connectivity index (χ1n) is 8.77. The summed E-state index contributed by atoms with van der Waals surface area (Å²) in [6.45, 7) is 7.86. The number of aliphatic hydroxyl groups excluding tert-OH is 1. The van der Waals surface area contributed by atoms with E-state index < -0.39 is 23.1 Å². The van der Waals surface area contributed by atoms with Crippen molar-refractivity contribution in [2.24, 2.45) is 23.2 Å². The fourth-order valence-corrected chi connectivity index (χ4v) is 6.19. The average Bonchev–Trinajstić information content (AvgIpc) is 2.48. The van der Waals surface area contributed by atoms with Crippen LogP contribution in [0.25, 0.3) is 0 Å². The van der Waals surface area contributed by atoms with Gasteiger partial charge in [0.2, 0.25) is 0 Å². The maximum Gasteiger partial charge on any atom is 0.305 e. The van der Waals surface area contributed by atoms with Gasteiger partial charge in [-0.1, -0.05) is 13.8 Å². The molecule has 3 rings (SSSR count). The van der Waals surface area contributed by atoms with E-state index in [-0.39, 0.29) is 35.2 Å². The molecule has 0 aromatic carbocycles. The van der Waals surface area contributed by atoms with Gasteiger partial charge in [-0.3, -0.25) is 13.2 Å². The molecular formula is C17H28O6S. The van der Waals surface area contributed by atoms with Crippen LogP contribution in [0.15, 0.2) is 0 Å². The van der Waals surface area contributed by atoms with E-state index in [1.807, 2.05) is 13.8 Å². The predicted octanol–water partition coefficient (Wildman–Crippen LogP) is 2.13. The van der Waals surface area contributed by atoms with E-state index in [1.54, 1.807) is 0 Å². The maximum atomic E-state index is 12.2. The third-order valence-corrected chi connectivity index (χ3v) is 7.44. The predicted molar refractivity (Wildman–Crippen MR) is 87.9 cm³/mol. The van der Waals surface area contributed by atoms with Gasteiger partial charge < -0.3 is 9.84 Å². The summed E-state index contributed by atoms with van der Waals surface area (Å²) >= 11 is -1.78. The van der Waals surface area contributed by atoms with Crippen LogP contribution < -0.4 is 0 Å². The van der Waals surface area contributed by atoms with Gasteiger partial charge in [-0.15, -0.1) is 0 Å². The molecule has 0 aromatic heterocycles. The minimum absolute atomic E-state index is 0.0232. The molecule has 0 spiro atoms. The summed E-state index contributed by atoms with van der Waals surface area (Å²) in [6, 6.07) is 0. The van der Waals surface area contributed by atoms with E-state index in [0.717, 1.165) is 12.8 Å². The number of carbonyl (C=O) groups excluding carboxylic acids is 1. The molecule has 2 aliphatic carbocycles. The van der Waals surface area contributed by atoms with Gasteiger partial charge in [0.25, 0.3) is 0 Å². The van der Waals surface area contributed by atoms with E-state index >= 15 is 0 Å². The highest BCUT2D eigenvalue weighted by atomic mass is 32.2. The molecule has 2 saturated carbocycles. The van der Waals surface area contributed by atoms with E-state index in [4.69, 9.17) is 13.1 Å². The van der Waals surface area contributed by atoms with Gasteiger partial charge in [0.1, 0.15) is 0 Å². The quantitative estimate of drug-likeness (QED) is 0.777. The van der Waals surface area contributed by atoms with Crippen molar-refractivity contribution in [3.05, 3.63) is 0 Å². The Morgan fingerprint density at radius 3 is 2.75 bits per heavy atom. The summed E-state index contributed by atoms with van der Waals surface area (Å²) in [5, 5.41) is 10.6. The number of ether oxygens (including phenoxy) is 1. The Kier molecular flexibility index (Phi) is 4.83. The number of aliphatic hydroxyl groups is 1. The molecule has 0 radical (unpaired) electrons. The Morgan fingerprint density at radius 2 is 2.08 bits per heavy atom. The van der Waals surface area contributed by atoms with Crippen LogP contribution in [0.1, 0.15) is 53.4 Å². The third kappa shape index (κ3) is 2.93. The third-order valence-electron chi connectivity index (χ3n) is 6.54. The van der Waals surface area contributed by atoms with Crippen LogP contribution in [-0.2, 0) is 29.3 Å². The highest BCUT2D eigenvalue weighted by molar-refractivity contribution is 7.75. The summed E-state index contributed by atoms with van der Waals surface area (Å²) in [7, 11) is 0. The minimum Gasteiger partial charge on any atom is -0.466 e. The van der Waals surface area contributed by atoms with Gasteiger partial charge in [0, 0.05) is 18.3 Å². The van der Waals surface area contributed by atoms with Crippen molar-refractivity contribution in [2.45, 2.75) is 71.2 Å². The van der Waals surface area contributed by atoms with Crippen LogP contribution in [0.4, 0.5) is 0 Å². The molecule has 6 nitrogen and oxygen atoms in total. The number of carbonyl (C=O) groups is 1. The molecule has 1 saturated heterocycles. The summed E-state index contributed by atoms with van der Waals surface area (Å²) in [4.78, 5) is 11.1. The van der Waals surface area contributed by atoms with Gasteiger partial charge >= 0.3 is 17.3 Å². The Hall–Kier alpha value is -0.500. The van der Waals surface area contributed by atoms with Crippen molar-refractivity contribution in [1.29, 1.82) is 0 Å². The van der Waals surface area contributed by atoms with Crippen molar-refractivity contribution in [3.8, 4) is 0 Å².